The molecule has 1 N–H and O–H groups in total. The van der Waals surface area contributed by atoms with Crippen molar-refractivity contribution >= 4 is 17.7 Å². The third kappa shape index (κ3) is 5.31. The zero-order chi connectivity index (χ0) is 18.4. The van der Waals surface area contributed by atoms with Crippen molar-refractivity contribution in [2.24, 2.45) is 0 Å². The van der Waals surface area contributed by atoms with E-state index in [1.165, 1.54) is 4.90 Å². The molecule has 1 fully saturated rings. The molecule has 6 nitrogen and oxygen atoms in total. The molecule has 0 atom stereocenters. The maximum Gasteiger partial charge on any atom is 0.254 e. The molecule has 6 heteroatoms. The highest BCUT2D eigenvalue weighted by Crippen LogP contribution is 2.15. The molecule has 0 aliphatic carbocycles. The zero-order valence-electron chi connectivity index (χ0n) is 15.2. The minimum Gasteiger partial charge on any atom is -0.352 e. The van der Waals surface area contributed by atoms with Crippen LogP contribution in [-0.2, 0) is 16.1 Å². The number of nitrogens with one attached hydrogen (secondary N) is 1. The monoisotopic (exact) mass is 345 g/mol. The number of nitrogens with zero attached hydrogens (tertiary/aromatic N) is 2. The minimum atomic E-state index is -0.162. The number of benzene rings is 1. The number of hydrogen-bond acceptors (Lipinski definition) is 3. The summed E-state index contributed by atoms with van der Waals surface area (Å²) < 4.78 is 0. The van der Waals surface area contributed by atoms with Gasteiger partial charge in [0, 0.05) is 37.7 Å². The predicted octanol–water partition coefficient (Wildman–Crippen LogP) is 1.80. The van der Waals surface area contributed by atoms with Crippen LogP contribution < -0.4 is 5.32 Å². The van der Waals surface area contributed by atoms with E-state index in [0.717, 1.165) is 18.5 Å². The number of likely N-dealkylation sites (tertiary alicyclic amines) is 1. The van der Waals surface area contributed by atoms with Crippen LogP contribution >= 0.6 is 0 Å². The van der Waals surface area contributed by atoms with Crippen LogP contribution in [0.1, 0.15) is 49.5 Å². The van der Waals surface area contributed by atoms with Crippen LogP contribution in [0.15, 0.2) is 24.3 Å². The van der Waals surface area contributed by atoms with Crippen molar-refractivity contribution in [3.05, 3.63) is 35.4 Å². The number of carbonyl (C=O) groups is 3. The molecule has 1 aliphatic heterocycles. The lowest BCUT2D eigenvalue weighted by Gasteiger charge is -2.21. The standard InChI is InChI=1S/C19H27N3O3/c1-4-21(13-17(23)20-14(2)3)19(25)16-9-7-15(8-10-16)12-22-11-5-6-18(22)24/h7-10,14H,4-6,11-13H2,1-3H3,(H,20,23). The van der Waals surface area contributed by atoms with Crippen LogP contribution in [-0.4, -0.2) is 53.2 Å². The van der Waals surface area contributed by atoms with E-state index in [2.05, 4.69) is 5.32 Å². The molecule has 0 bridgehead atoms. The van der Waals surface area contributed by atoms with E-state index >= 15 is 0 Å². The maximum atomic E-state index is 12.6. The van der Waals surface area contributed by atoms with E-state index in [-0.39, 0.29) is 30.3 Å². The molecule has 0 aromatic heterocycles. The molecule has 1 aromatic carbocycles. The number of likely N-dealkylation sites (N-methyl/N-ethyl adjacent to an activating group) is 1. The summed E-state index contributed by atoms with van der Waals surface area (Å²) in [5.41, 5.74) is 1.56. The Morgan fingerprint density at radius 2 is 1.92 bits per heavy atom. The number of hydrogen-bond donors (Lipinski definition) is 1. The van der Waals surface area contributed by atoms with Crippen molar-refractivity contribution in [2.45, 2.75) is 46.2 Å². The van der Waals surface area contributed by atoms with Crippen LogP contribution in [0.5, 0.6) is 0 Å². The molecule has 1 aromatic rings. The number of rotatable bonds is 7. The van der Waals surface area contributed by atoms with Crippen LogP contribution in [0.25, 0.3) is 0 Å². The van der Waals surface area contributed by atoms with E-state index in [9.17, 15) is 14.4 Å². The SMILES string of the molecule is CCN(CC(=O)NC(C)C)C(=O)c1ccc(CN2CCCC2=O)cc1. The molecule has 136 valence electrons. The number of carbonyl (C=O) groups excluding carboxylic acids is 3. The Hall–Kier alpha value is -2.37. The van der Waals surface area contributed by atoms with Crippen LogP contribution in [0.3, 0.4) is 0 Å². The average molecular weight is 345 g/mol. The van der Waals surface area contributed by atoms with Gasteiger partial charge in [0.1, 0.15) is 0 Å². The third-order valence-corrected chi connectivity index (χ3v) is 4.20. The van der Waals surface area contributed by atoms with Gasteiger partial charge in [0.05, 0.1) is 6.54 Å². The maximum absolute atomic E-state index is 12.6. The highest BCUT2D eigenvalue weighted by Gasteiger charge is 2.21. The van der Waals surface area contributed by atoms with Crippen molar-refractivity contribution in [3.8, 4) is 0 Å². The Kier molecular flexibility index (Phi) is 6.56. The van der Waals surface area contributed by atoms with Crippen molar-refractivity contribution in [1.82, 2.24) is 15.1 Å². The van der Waals surface area contributed by atoms with Gasteiger partial charge in [-0.3, -0.25) is 14.4 Å². The summed E-state index contributed by atoms with van der Waals surface area (Å²) in [6.45, 7) is 7.54. The van der Waals surface area contributed by atoms with Gasteiger partial charge in [0.25, 0.3) is 5.91 Å². The van der Waals surface area contributed by atoms with Gasteiger partial charge in [-0.25, -0.2) is 0 Å². The minimum absolute atomic E-state index is 0.0499. The second-order valence-corrected chi connectivity index (χ2v) is 6.66. The van der Waals surface area contributed by atoms with Crippen LogP contribution in [0.4, 0.5) is 0 Å². The highest BCUT2D eigenvalue weighted by molar-refractivity contribution is 5.96. The second-order valence-electron chi connectivity index (χ2n) is 6.66. The molecule has 25 heavy (non-hydrogen) atoms. The van der Waals surface area contributed by atoms with Crippen molar-refractivity contribution in [2.75, 3.05) is 19.6 Å². The Balaban J connectivity index is 1.98. The normalized spacial score (nSPS) is 14.1. The first-order valence-corrected chi connectivity index (χ1v) is 8.86. The smallest absolute Gasteiger partial charge is 0.254 e. The summed E-state index contributed by atoms with van der Waals surface area (Å²) in [6, 6.07) is 7.33. The quantitative estimate of drug-likeness (QED) is 0.819. The van der Waals surface area contributed by atoms with E-state index < -0.39 is 0 Å². The van der Waals surface area contributed by atoms with Gasteiger partial charge in [-0.15, -0.1) is 0 Å². The molecule has 1 aliphatic rings. The highest BCUT2D eigenvalue weighted by atomic mass is 16.2. The molecule has 1 saturated heterocycles. The van der Waals surface area contributed by atoms with E-state index in [4.69, 9.17) is 0 Å². The number of amides is 3. The fourth-order valence-corrected chi connectivity index (χ4v) is 2.90. The first kappa shape index (κ1) is 19.0. The van der Waals surface area contributed by atoms with E-state index in [1.807, 2.05) is 37.8 Å². The Labute approximate surface area is 149 Å². The molecule has 3 amide bonds. The Morgan fingerprint density at radius 3 is 2.44 bits per heavy atom. The molecule has 0 spiro atoms. The van der Waals surface area contributed by atoms with Gasteiger partial charge < -0.3 is 15.1 Å². The summed E-state index contributed by atoms with van der Waals surface area (Å²) in [6.07, 6.45) is 1.54. The van der Waals surface area contributed by atoms with Crippen molar-refractivity contribution in [1.29, 1.82) is 0 Å². The molecule has 1 heterocycles. The first-order chi connectivity index (χ1) is 11.9. The molecular weight excluding hydrogens is 318 g/mol. The summed E-state index contributed by atoms with van der Waals surface area (Å²) >= 11 is 0. The lowest BCUT2D eigenvalue weighted by Crippen LogP contribution is -2.42. The second kappa shape index (κ2) is 8.65. The molecule has 0 unspecified atom stereocenters. The lowest BCUT2D eigenvalue weighted by molar-refractivity contribution is -0.128. The summed E-state index contributed by atoms with van der Waals surface area (Å²) in [7, 11) is 0. The molecule has 2 rings (SSSR count). The van der Waals surface area contributed by atoms with Crippen LogP contribution in [0, 0.1) is 0 Å². The average Bonchev–Trinajstić information content (AvgIpc) is 2.97. The van der Waals surface area contributed by atoms with Gasteiger partial charge in [-0.05, 0) is 44.9 Å². The topological polar surface area (TPSA) is 69.7 Å². The molecular formula is C19H27N3O3. The Bertz CT molecular complexity index is 625. The summed E-state index contributed by atoms with van der Waals surface area (Å²) in [4.78, 5) is 39.5. The molecule has 0 saturated carbocycles. The Morgan fingerprint density at radius 1 is 1.24 bits per heavy atom. The first-order valence-electron chi connectivity index (χ1n) is 8.86. The van der Waals surface area contributed by atoms with Crippen molar-refractivity contribution < 1.29 is 14.4 Å². The van der Waals surface area contributed by atoms with Gasteiger partial charge in [0.15, 0.2) is 0 Å². The predicted molar refractivity (Wildman–Crippen MR) is 95.9 cm³/mol. The largest absolute Gasteiger partial charge is 0.352 e. The fraction of sp³-hybridized carbons (Fsp3) is 0.526. The molecule has 0 radical (unpaired) electrons. The van der Waals surface area contributed by atoms with Gasteiger partial charge in [-0.2, -0.15) is 0 Å². The van der Waals surface area contributed by atoms with Crippen molar-refractivity contribution in [3.63, 3.8) is 0 Å². The van der Waals surface area contributed by atoms with Gasteiger partial charge >= 0.3 is 0 Å². The van der Waals surface area contributed by atoms with Gasteiger partial charge in [0.2, 0.25) is 11.8 Å². The summed E-state index contributed by atoms with van der Waals surface area (Å²) in [5.74, 6) is -0.131. The van der Waals surface area contributed by atoms with Crippen LogP contribution in [0.2, 0.25) is 0 Å². The summed E-state index contributed by atoms with van der Waals surface area (Å²) in [5, 5.41) is 2.80. The lowest BCUT2D eigenvalue weighted by atomic mass is 10.1. The fourth-order valence-electron chi connectivity index (χ4n) is 2.90. The third-order valence-electron chi connectivity index (χ3n) is 4.20. The van der Waals surface area contributed by atoms with E-state index in [1.54, 1.807) is 12.1 Å². The zero-order valence-corrected chi connectivity index (χ0v) is 15.2. The van der Waals surface area contributed by atoms with E-state index in [0.29, 0.717) is 25.1 Å². The van der Waals surface area contributed by atoms with Gasteiger partial charge in [-0.1, -0.05) is 12.1 Å².